The second kappa shape index (κ2) is 6.29. The van der Waals surface area contributed by atoms with Crippen LogP contribution in [0.3, 0.4) is 0 Å². The summed E-state index contributed by atoms with van der Waals surface area (Å²) in [5.41, 5.74) is 0. The van der Waals surface area contributed by atoms with E-state index >= 15 is 0 Å². The molecule has 1 fully saturated rings. The van der Waals surface area contributed by atoms with Crippen LogP contribution in [0.1, 0.15) is 6.42 Å². The van der Waals surface area contributed by atoms with Crippen LogP contribution < -0.4 is 0 Å². The van der Waals surface area contributed by atoms with Crippen molar-refractivity contribution in [2.75, 3.05) is 39.2 Å². The predicted molar refractivity (Wildman–Crippen MR) is 58.8 cm³/mol. The van der Waals surface area contributed by atoms with Crippen LogP contribution in [-0.2, 0) is 24.3 Å². The molecule has 0 bridgehead atoms. The van der Waals surface area contributed by atoms with Crippen molar-refractivity contribution in [3.63, 3.8) is 0 Å². The van der Waals surface area contributed by atoms with Gasteiger partial charge in [-0.15, -0.1) is 0 Å². The fourth-order valence-corrected chi connectivity index (χ4v) is 3.17. The summed E-state index contributed by atoms with van der Waals surface area (Å²) in [5, 5.41) is 9.07. The molecule has 8 heteroatoms. The van der Waals surface area contributed by atoms with Gasteiger partial charge in [-0.25, -0.2) is 8.42 Å². The standard InChI is InChI=1S/C9H17NO6S/c1-15-9(12)2-5-17(13,14)10-3-4-16-7-8(10)6-11/h8,11H,2-7H2,1H3. The van der Waals surface area contributed by atoms with E-state index in [1.165, 1.54) is 11.4 Å². The van der Waals surface area contributed by atoms with Crippen LogP contribution in [-0.4, -0.2) is 69.1 Å². The summed E-state index contributed by atoms with van der Waals surface area (Å²) in [7, 11) is -2.35. The minimum absolute atomic E-state index is 0.175. The Morgan fingerprint density at radius 3 is 2.88 bits per heavy atom. The SMILES string of the molecule is COC(=O)CCS(=O)(=O)N1CCOCC1CO. The molecular weight excluding hydrogens is 250 g/mol. The van der Waals surface area contributed by atoms with Crippen LogP contribution in [0.2, 0.25) is 0 Å². The predicted octanol–water partition coefficient (Wildman–Crippen LogP) is -1.43. The van der Waals surface area contributed by atoms with Crippen molar-refractivity contribution < 1.29 is 27.8 Å². The first kappa shape index (κ1) is 14.4. The van der Waals surface area contributed by atoms with Crippen molar-refractivity contribution in [3.05, 3.63) is 0 Å². The maximum absolute atomic E-state index is 11.9. The molecule has 1 unspecified atom stereocenters. The van der Waals surface area contributed by atoms with Gasteiger partial charge in [0.25, 0.3) is 0 Å². The van der Waals surface area contributed by atoms with Crippen LogP contribution >= 0.6 is 0 Å². The third-order valence-corrected chi connectivity index (χ3v) is 4.45. The van der Waals surface area contributed by atoms with Crippen molar-refractivity contribution in [1.82, 2.24) is 4.31 Å². The van der Waals surface area contributed by atoms with Crippen molar-refractivity contribution in [2.24, 2.45) is 0 Å². The van der Waals surface area contributed by atoms with Crippen molar-refractivity contribution >= 4 is 16.0 Å². The van der Waals surface area contributed by atoms with E-state index in [0.717, 1.165) is 0 Å². The highest BCUT2D eigenvalue weighted by Crippen LogP contribution is 2.13. The number of methoxy groups -OCH3 is 1. The van der Waals surface area contributed by atoms with E-state index in [-0.39, 0.29) is 31.9 Å². The average molecular weight is 267 g/mol. The molecule has 1 atom stereocenters. The normalized spacial score (nSPS) is 22.4. The number of hydrogen-bond donors (Lipinski definition) is 1. The Hall–Kier alpha value is -0.700. The van der Waals surface area contributed by atoms with Gasteiger partial charge in [0.05, 0.1) is 45.1 Å². The summed E-state index contributed by atoms with van der Waals surface area (Å²) >= 11 is 0. The van der Waals surface area contributed by atoms with Gasteiger partial charge in [0.2, 0.25) is 10.0 Å². The molecule has 0 aromatic rings. The number of morpholine rings is 1. The fraction of sp³-hybridized carbons (Fsp3) is 0.889. The lowest BCUT2D eigenvalue weighted by molar-refractivity contribution is -0.140. The van der Waals surface area contributed by atoms with Crippen molar-refractivity contribution in [3.8, 4) is 0 Å². The minimum Gasteiger partial charge on any atom is -0.469 e. The molecule has 100 valence electrons. The van der Waals surface area contributed by atoms with Crippen molar-refractivity contribution in [2.45, 2.75) is 12.5 Å². The van der Waals surface area contributed by atoms with E-state index in [2.05, 4.69) is 4.74 Å². The molecule has 17 heavy (non-hydrogen) atoms. The number of hydrogen-bond acceptors (Lipinski definition) is 6. The number of esters is 1. The quantitative estimate of drug-likeness (QED) is 0.614. The monoisotopic (exact) mass is 267 g/mol. The van der Waals surface area contributed by atoms with Gasteiger partial charge in [-0.1, -0.05) is 0 Å². The number of aliphatic hydroxyl groups excluding tert-OH is 1. The smallest absolute Gasteiger partial charge is 0.306 e. The van der Waals surface area contributed by atoms with E-state index in [1.807, 2.05) is 0 Å². The molecule has 0 amide bonds. The first-order valence-electron chi connectivity index (χ1n) is 5.26. The number of carbonyl (C=O) groups excluding carboxylic acids is 1. The fourth-order valence-electron chi connectivity index (χ4n) is 1.58. The molecule has 0 radical (unpaired) electrons. The summed E-state index contributed by atoms with van der Waals surface area (Å²) in [4.78, 5) is 10.9. The van der Waals surface area contributed by atoms with Gasteiger partial charge in [0.15, 0.2) is 0 Å². The Labute approximate surface area is 100 Å². The van der Waals surface area contributed by atoms with Crippen LogP contribution in [0.25, 0.3) is 0 Å². The van der Waals surface area contributed by atoms with E-state index in [0.29, 0.717) is 6.61 Å². The Morgan fingerprint density at radius 1 is 1.59 bits per heavy atom. The molecule has 0 saturated carbocycles. The van der Waals surface area contributed by atoms with E-state index in [4.69, 9.17) is 9.84 Å². The summed E-state index contributed by atoms with van der Waals surface area (Å²) in [5.74, 6) is -0.877. The minimum atomic E-state index is -3.56. The molecule has 1 N–H and O–H groups in total. The van der Waals surface area contributed by atoms with Gasteiger partial charge in [0.1, 0.15) is 0 Å². The molecule has 0 spiro atoms. The lowest BCUT2D eigenvalue weighted by Crippen LogP contribution is -2.51. The van der Waals surface area contributed by atoms with Gasteiger partial charge in [-0.2, -0.15) is 4.31 Å². The van der Waals surface area contributed by atoms with Crippen molar-refractivity contribution in [1.29, 1.82) is 0 Å². The Bertz CT molecular complexity index is 354. The van der Waals surface area contributed by atoms with Crippen LogP contribution in [0.4, 0.5) is 0 Å². The number of nitrogens with zero attached hydrogens (tertiary/aromatic N) is 1. The van der Waals surface area contributed by atoms with E-state index in [9.17, 15) is 13.2 Å². The van der Waals surface area contributed by atoms with E-state index < -0.39 is 22.0 Å². The number of rotatable bonds is 5. The highest BCUT2D eigenvalue weighted by molar-refractivity contribution is 7.89. The van der Waals surface area contributed by atoms with Gasteiger partial charge >= 0.3 is 5.97 Å². The number of sulfonamides is 1. The molecule has 0 aromatic heterocycles. The highest BCUT2D eigenvalue weighted by atomic mass is 32.2. The second-order valence-corrected chi connectivity index (χ2v) is 5.71. The largest absolute Gasteiger partial charge is 0.469 e. The molecule has 7 nitrogen and oxygen atoms in total. The average Bonchev–Trinajstić information content (AvgIpc) is 2.35. The van der Waals surface area contributed by atoms with Crippen LogP contribution in [0, 0.1) is 0 Å². The third kappa shape index (κ3) is 3.91. The van der Waals surface area contributed by atoms with Gasteiger partial charge < -0.3 is 14.6 Å². The maximum atomic E-state index is 11.9. The second-order valence-electron chi connectivity index (χ2n) is 3.66. The number of carbonyl (C=O) groups is 1. The van der Waals surface area contributed by atoms with Gasteiger partial charge in [-0.3, -0.25) is 4.79 Å². The molecule has 0 aliphatic carbocycles. The first-order valence-corrected chi connectivity index (χ1v) is 6.87. The molecule has 1 rings (SSSR count). The van der Waals surface area contributed by atoms with Crippen LogP contribution in [0.15, 0.2) is 0 Å². The lowest BCUT2D eigenvalue weighted by Gasteiger charge is -2.33. The molecule has 1 aliphatic rings. The maximum Gasteiger partial charge on any atom is 0.306 e. The summed E-state index contributed by atoms with van der Waals surface area (Å²) < 4.78 is 34.5. The number of aliphatic hydroxyl groups is 1. The third-order valence-electron chi connectivity index (χ3n) is 2.53. The summed E-state index contributed by atoms with van der Waals surface area (Å²) in [6.45, 7) is 0.383. The summed E-state index contributed by atoms with van der Waals surface area (Å²) in [6.07, 6.45) is -0.186. The molecule has 1 aliphatic heterocycles. The van der Waals surface area contributed by atoms with Crippen LogP contribution in [0.5, 0.6) is 0 Å². The topological polar surface area (TPSA) is 93.1 Å². The Kier molecular flexibility index (Phi) is 5.31. The zero-order valence-electron chi connectivity index (χ0n) is 9.66. The Morgan fingerprint density at radius 2 is 2.29 bits per heavy atom. The van der Waals surface area contributed by atoms with Gasteiger partial charge in [0, 0.05) is 6.54 Å². The molecule has 0 aromatic carbocycles. The molecule has 1 saturated heterocycles. The van der Waals surface area contributed by atoms with Gasteiger partial charge in [-0.05, 0) is 0 Å². The Balaban J connectivity index is 2.64. The van der Waals surface area contributed by atoms with E-state index in [1.54, 1.807) is 0 Å². The lowest BCUT2D eigenvalue weighted by atomic mass is 10.3. The first-order chi connectivity index (χ1) is 8.01. The zero-order valence-corrected chi connectivity index (χ0v) is 10.5. The summed E-state index contributed by atoms with van der Waals surface area (Å²) in [6, 6.07) is -0.564. The highest BCUT2D eigenvalue weighted by Gasteiger charge is 2.32. The molecule has 1 heterocycles. The number of ether oxygens (including phenoxy) is 2. The zero-order chi connectivity index (χ0) is 12.9. The molecular formula is C9H17NO6S.